The van der Waals surface area contributed by atoms with Gasteiger partial charge in [-0.2, -0.15) is 5.10 Å². The molecular formula is C13H15N5O. The number of aryl methyl sites for hydroxylation is 1. The Balaban J connectivity index is 1.94. The van der Waals surface area contributed by atoms with Gasteiger partial charge in [0.2, 0.25) is 0 Å². The molecule has 19 heavy (non-hydrogen) atoms. The number of aliphatic imine (C=N–C) groups is 1. The number of phenolic OH excluding ortho intramolecular Hbond substituents is 1. The van der Waals surface area contributed by atoms with Crippen LogP contribution in [0.25, 0.3) is 5.69 Å². The Bertz CT molecular complexity index is 614. The van der Waals surface area contributed by atoms with Crippen LogP contribution in [0.4, 0.5) is 5.82 Å². The molecule has 0 unspecified atom stereocenters. The molecule has 0 spiro atoms. The molecule has 0 saturated carbocycles. The quantitative estimate of drug-likeness (QED) is 0.757. The van der Waals surface area contributed by atoms with Gasteiger partial charge < -0.3 is 15.7 Å². The molecule has 0 radical (unpaired) electrons. The number of aromatic nitrogens is 2. The van der Waals surface area contributed by atoms with E-state index in [4.69, 9.17) is 0 Å². The van der Waals surface area contributed by atoms with Gasteiger partial charge in [-0.1, -0.05) is 0 Å². The predicted octanol–water partition coefficient (Wildman–Crippen LogP) is 1.26. The smallest absolute Gasteiger partial charge is 0.197 e. The first kappa shape index (κ1) is 11.6. The highest BCUT2D eigenvalue weighted by Crippen LogP contribution is 2.19. The summed E-state index contributed by atoms with van der Waals surface area (Å²) in [6, 6.07) is 8.87. The average molecular weight is 257 g/mol. The molecule has 0 amide bonds. The van der Waals surface area contributed by atoms with Crippen molar-refractivity contribution in [3.8, 4) is 11.4 Å². The number of hydrogen-bond acceptors (Lipinski definition) is 5. The van der Waals surface area contributed by atoms with E-state index < -0.39 is 0 Å². The Morgan fingerprint density at radius 1 is 1.32 bits per heavy atom. The summed E-state index contributed by atoms with van der Waals surface area (Å²) in [4.78, 5) is 4.30. The summed E-state index contributed by atoms with van der Waals surface area (Å²) in [5.41, 5.74) is 1.79. The van der Waals surface area contributed by atoms with E-state index >= 15 is 0 Å². The van der Waals surface area contributed by atoms with Crippen molar-refractivity contribution in [1.29, 1.82) is 0 Å². The largest absolute Gasteiger partial charge is 0.508 e. The van der Waals surface area contributed by atoms with E-state index in [1.165, 1.54) is 0 Å². The molecule has 98 valence electrons. The lowest BCUT2D eigenvalue weighted by atomic mass is 10.3. The van der Waals surface area contributed by atoms with Crippen LogP contribution in [-0.4, -0.2) is 33.9 Å². The van der Waals surface area contributed by atoms with Gasteiger partial charge in [-0.15, -0.1) is 0 Å². The Labute approximate surface area is 110 Å². The van der Waals surface area contributed by atoms with Gasteiger partial charge in [-0.05, 0) is 31.2 Å². The molecule has 1 aliphatic rings. The minimum atomic E-state index is 0.240. The zero-order chi connectivity index (χ0) is 13.2. The highest BCUT2D eigenvalue weighted by molar-refractivity contribution is 5.94. The van der Waals surface area contributed by atoms with Gasteiger partial charge in [0, 0.05) is 12.6 Å². The monoisotopic (exact) mass is 257 g/mol. The first-order valence-corrected chi connectivity index (χ1v) is 6.14. The van der Waals surface area contributed by atoms with Crippen molar-refractivity contribution in [3.63, 3.8) is 0 Å². The van der Waals surface area contributed by atoms with Crippen molar-refractivity contribution in [2.24, 2.45) is 4.99 Å². The SMILES string of the molecule is Cc1cc(NC2=NCCN2)n(-c2ccc(O)cc2)n1. The zero-order valence-electron chi connectivity index (χ0n) is 10.6. The fourth-order valence-electron chi connectivity index (χ4n) is 1.98. The topological polar surface area (TPSA) is 74.5 Å². The third-order valence-corrected chi connectivity index (χ3v) is 2.85. The van der Waals surface area contributed by atoms with Gasteiger partial charge >= 0.3 is 0 Å². The van der Waals surface area contributed by atoms with Gasteiger partial charge in [-0.25, -0.2) is 4.68 Å². The number of guanidine groups is 1. The number of aromatic hydroxyl groups is 1. The van der Waals surface area contributed by atoms with E-state index in [0.29, 0.717) is 0 Å². The lowest BCUT2D eigenvalue weighted by molar-refractivity contribution is 0.475. The maximum atomic E-state index is 9.33. The van der Waals surface area contributed by atoms with Crippen LogP contribution in [-0.2, 0) is 0 Å². The number of phenols is 1. The van der Waals surface area contributed by atoms with Crippen LogP contribution >= 0.6 is 0 Å². The third kappa shape index (κ3) is 2.37. The van der Waals surface area contributed by atoms with Gasteiger partial charge in [-0.3, -0.25) is 4.99 Å². The fourth-order valence-corrected chi connectivity index (χ4v) is 1.98. The summed E-state index contributed by atoms with van der Waals surface area (Å²) in [6.45, 7) is 3.58. The maximum absolute atomic E-state index is 9.33. The standard InChI is InChI=1S/C13H15N5O/c1-9-8-12(16-13-14-6-7-15-13)18(17-9)10-2-4-11(19)5-3-10/h2-5,8,19H,6-7H2,1H3,(H2,14,15,16). The van der Waals surface area contributed by atoms with Crippen molar-refractivity contribution >= 4 is 11.8 Å². The van der Waals surface area contributed by atoms with Crippen LogP contribution in [0, 0.1) is 6.92 Å². The van der Waals surface area contributed by atoms with E-state index in [2.05, 4.69) is 20.7 Å². The van der Waals surface area contributed by atoms with Crippen LogP contribution in [0.3, 0.4) is 0 Å². The first-order chi connectivity index (χ1) is 9.22. The molecule has 1 aliphatic heterocycles. The van der Waals surface area contributed by atoms with Crippen molar-refractivity contribution in [3.05, 3.63) is 36.0 Å². The number of benzene rings is 1. The molecule has 0 saturated heterocycles. The molecule has 0 aliphatic carbocycles. The number of nitrogens with one attached hydrogen (secondary N) is 2. The molecule has 0 bridgehead atoms. The number of hydrogen-bond donors (Lipinski definition) is 3. The van der Waals surface area contributed by atoms with Crippen LogP contribution < -0.4 is 10.6 Å². The van der Waals surface area contributed by atoms with Crippen LogP contribution in [0.2, 0.25) is 0 Å². The Morgan fingerprint density at radius 3 is 2.79 bits per heavy atom. The summed E-state index contributed by atoms with van der Waals surface area (Å²) < 4.78 is 1.79. The minimum absolute atomic E-state index is 0.240. The van der Waals surface area contributed by atoms with E-state index in [1.807, 2.05) is 25.1 Å². The van der Waals surface area contributed by atoms with E-state index in [0.717, 1.165) is 36.2 Å². The predicted molar refractivity (Wildman–Crippen MR) is 73.9 cm³/mol. The zero-order valence-corrected chi connectivity index (χ0v) is 10.6. The summed E-state index contributed by atoms with van der Waals surface area (Å²) in [5.74, 6) is 1.85. The van der Waals surface area contributed by atoms with Crippen LogP contribution in [0.15, 0.2) is 35.3 Å². The second-order valence-corrected chi connectivity index (χ2v) is 4.38. The number of rotatable bonds is 2. The molecule has 1 aromatic carbocycles. The highest BCUT2D eigenvalue weighted by atomic mass is 16.3. The molecule has 2 aromatic rings. The van der Waals surface area contributed by atoms with E-state index in [-0.39, 0.29) is 5.75 Å². The second kappa shape index (κ2) is 4.64. The average Bonchev–Trinajstić information content (AvgIpc) is 3.01. The normalized spacial score (nSPS) is 14.1. The molecular weight excluding hydrogens is 242 g/mol. The second-order valence-electron chi connectivity index (χ2n) is 4.38. The van der Waals surface area contributed by atoms with Crippen molar-refractivity contribution in [2.75, 3.05) is 18.4 Å². The van der Waals surface area contributed by atoms with Crippen LogP contribution in [0.1, 0.15) is 5.69 Å². The van der Waals surface area contributed by atoms with Gasteiger partial charge in [0.25, 0.3) is 0 Å². The summed E-state index contributed by atoms with van der Waals surface area (Å²) in [7, 11) is 0. The molecule has 0 fully saturated rings. The number of anilines is 1. The van der Waals surface area contributed by atoms with Crippen molar-refractivity contribution in [2.45, 2.75) is 6.92 Å². The Kier molecular flexibility index (Phi) is 2.83. The molecule has 0 atom stereocenters. The van der Waals surface area contributed by atoms with E-state index in [9.17, 15) is 5.11 Å². The summed E-state index contributed by atoms with van der Waals surface area (Å²) >= 11 is 0. The molecule has 6 nitrogen and oxygen atoms in total. The van der Waals surface area contributed by atoms with Crippen molar-refractivity contribution < 1.29 is 5.11 Å². The number of nitrogens with zero attached hydrogens (tertiary/aromatic N) is 3. The highest BCUT2D eigenvalue weighted by Gasteiger charge is 2.11. The van der Waals surface area contributed by atoms with Gasteiger partial charge in [0.1, 0.15) is 11.6 Å². The maximum Gasteiger partial charge on any atom is 0.197 e. The molecule has 3 rings (SSSR count). The fraction of sp³-hybridized carbons (Fsp3) is 0.231. The van der Waals surface area contributed by atoms with Gasteiger partial charge in [0.05, 0.1) is 17.9 Å². The lowest BCUT2D eigenvalue weighted by Gasteiger charge is -2.09. The Morgan fingerprint density at radius 2 is 2.11 bits per heavy atom. The van der Waals surface area contributed by atoms with Gasteiger partial charge in [0.15, 0.2) is 5.96 Å². The van der Waals surface area contributed by atoms with Crippen molar-refractivity contribution in [1.82, 2.24) is 15.1 Å². The van der Waals surface area contributed by atoms with E-state index in [1.54, 1.807) is 16.8 Å². The molecule has 1 aromatic heterocycles. The first-order valence-electron chi connectivity index (χ1n) is 6.14. The molecule has 6 heteroatoms. The summed E-state index contributed by atoms with van der Waals surface area (Å²) in [6.07, 6.45) is 0. The Hall–Kier alpha value is -2.50. The van der Waals surface area contributed by atoms with Crippen LogP contribution in [0.5, 0.6) is 5.75 Å². The molecule has 3 N–H and O–H groups in total. The minimum Gasteiger partial charge on any atom is -0.508 e. The summed E-state index contributed by atoms with van der Waals surface area (Å²) in [5, 5.41) is 20.2. The molecule has 2 heterocycles. The third-order valence-electron chi connectivity index (χ3n) is 2.85. The lowest BCUT2D eigenvalue weighted by Crippen LogP contribution is -2.27.